The molecule has 8 nitrogen and oxygen atoms in total. The summed E-state index contributed by atoms with van der Waals surface area (Å²) in [5, 5.41) is 12.9. The molecule has 1 saturated carbocycles. The monoisotopic (exact) mass is 647 g/mol. The predicted octanol–water partition coefficient (Wildman–Crippen LogP) is 5.56. The number of hydrogen-bond donors (Lipinski definition) is 1. The number of sulfonamides is 1. The fourth-order valence-corrected chi connectivity index (χ4v) is 9.68. The molecule has 3 aliphatic rings. The number of rotatable bonds is 5. The number of oxime groups is 1. The van der Waals surface area contributed by atoms with E-state index in [4.69, 9.17) is 0 Å². The van der Waals surface area contributed by atoms with Crippen molar-refractivity contribution < 1.29 is 35.2 Å². The molecule has 0 spiro atoms. The quantitative estimate of drug-likeness (QED) is 0.173. The maximum atomic E-state index is 14.3. The van der Waals surface area contributed by atoms with Crippen LogP contribution in [0.2, 0.25) is 0 Å². The molecule has 0 bridgehead atoms. The first-order valence-corrected chi connectivity index (χ1v) is 17.4. The van der Waals surface area contributed by atoms with Crippen LogP contribution in [0.3, 0.4) is 0 Å². The minimum absolute atomic E-state index is 0.0292. The van der Waals surface area contributed by atoms with Crippen LogP contribution in [0.4, 0.5) is 18.9 Å². The van der Waals surface area contributed by atoms with Gasteiger partial charge in [-0.25, -0.2) is 30.0 Å². The van der Waals surface area contributed by atoms with E-state index < -0.39 is 42.6 Å². The molecule has 1 aliphatic heterocycles. The van der Waals surface area contributed by atoms with Crippen molar-refractivity contribution in [2.24, 2.45) is 10.6 Å². The number of halogens is 3. The van der Waals surface area contributed by atoms with E-state index in [9.17, 15) is 35.2 Å². The zero-order valence-corrected chi connectivity index (χ0v) is 25.9. The second-order valence-electron chi connectivity index (χ2n) is 12.4. The largest absolute Gasteiger partial charge is 0.410 e. The summed E-state index contributed by atoms with van der Waals surface area (Å²) in [6.07, 6.45) is 2.76. The van der Waals surface area contributed by atoms with Crippen molar-refractivity contribution in [2.75, 3.05) is 31.1 Å². The van der Waals surface area contributed by atoms with Gasteiger partial charge in [-0.05, 0) is 78.6 Å². The van der Waals surface area contributed by atoms with Gasteiger partial charge in [0, 0.05) is 37.3 Å². The molecule has 6 rings (SSSR count). The topological polar surface area (TPSA) is 107 Å². The highest BCUT2D eigenvalue weighted by Crippen LogP contribution is 2.42. The average Bonchev–Trinajstić information content (AvgIpc) is 3.32. The fourth-order valence-electron chi connectivity index (χ4n) is 6.45. The van der Waals surface area contributed by atoms with Crippen LogP contribution in [0.15, 0.2) is 63.5 Å². The van der Waals surface area contributed by atoms with E-state index >= 15 is 0 Å². The molecular weight excluding hydrogens is 615 g/mol. The van der Waals surface area contributed by atoms with Crippen LogP contribution < -0.4 is 4.90 Å². The predicted molar refractivity (Wildman–Crippen MR) is 160 cm³/mol. The van der Waals surface area contributed by atoms with Crippen molar-refractivity contribution in [1.82, 2.24) is 4.31 Å². The highest BCUT2D eigenvalue weighted by Gasteiger charge is 2.37. The summed E-state index contributed by atoms with van der Waals surface area (Å²) in [6, 6.07) is 11.1. The van der Waals surface area contributed by atoms with Gasteiger partial charge in [0.15, 0.2) is 27.3 Å². The van der Waals surface area contributed by atoms with Gasteiger partial charge in [-0.1, -0.05) is 31.1 Å². The number of piperazine rings is 1. The molecule has 0 aromatic heterocycles. The molecule has 44 heavy (non-hydrogen) atoms. The number of anilines is 1. The van der Waals surface area contributed by atoms with Gasteiger partial charge in [0.05, 0.1) is 20.7 Å². The summed E-state index contributed by atoms with van der Waals surface area (Å²) in [7, 11) is -7.68. The molecule has 1 saturated heterocycles. The first-order valence-electron chi connectivity index (χ1n) is 14.4. The molecule has 0 unspecified atom stereocenters. The Morgan fingerprint density at radius 2 is 1.34 bits per heavy atom. The van der Waals surface area contributed by atoms with Crippen molar-refractivity contribution in [3.05, 3.63) is 77.1 Å². The van der Waals surface area contributed by atoms with Gasteiger partial charge in [-0.2, -0.15) is 4.31 Å². The van der Waals surface area contributed by atoms with Crippen molar-refractivity contribution in [1.29, 1.82) is 0 Å². The lowest BCUT2D eigenvalue weighted by atomic mass is 9.77. The van der Waals surface area contributed by atoms with E-state index in [0.717, 1.165) is 25.0 Å². The van der Waals surface area contributed by atoms with Gasteiger partial charge >= 0.3 is 0 Å². The van der Waals surface area contributed by atoms with E-state index in [1.807, 2.05) is 0 Å². The summed E-state index contributed by atoms with van der Waals surface area (Å²) in [5.74, 6) is -4.21. The van der Waals surface area contributed by atoms with Crippen LogP contribution in [0.5, 0.6) is 0 Å². The van der Waals surface area contributed by atoms with Gasteiger partial charge in [0.25, 0.3) is 0 Å². The van der Waals surface area contributed by atoms with Gasteiger partial charge in [0.1, 0.15) is 5.71 Å². The van der Waals surface area contributed by atoms with E-state index in [1.165, 1.54) is 27.4 Å². The van der Waals surface area contributed by atoms with E-state index in [0.29, 0.717) is 35.1 Å². The lowest BCUT2D eigenvalue weighted by Crippen LogP contribution is -2.49. The lowest BCUT2D eigenvalue weighted by Gasteiger charge is -2.35. The Labute approximate surface area is 254 Å². The molecule has 0 radical (unpaired) electrons. The highest BCUT2D eigenvalue weighted by atomic mass is 32.2. The Balaban J connectivity index is 1.24. The van der Waals surface area contributed by atoms with Crippen LogP contribution in [0.1, 0.15) is 50.7 Å². The van der Waals surface area contributed by atoms with Crippen LogP contribution in [-0.4, -0.2) is 63.5 Å². The SMILES string of the molecule is CC1(C)CCC(S(=O)(=O)c2ccc3c(c2)/C(=N/O)c2cc(S(=O)(=O)N4CCN(c5ccc(F)c(F)c5F)CC4)ccc2-3)CC1. The van der Waals surface area contributed by atoms with Gasteiger partial charge in [-0.3, -0.25) is 0 Å². The Hall–Kier alpha value is -3.42. The van der Waals surface area contributed by atoms with E-state index in [1.54, 1.807) is 18.2 Å². The third kappa shape index (κ3) is 5.08. The standard InChI is InChI=1S/C31H32F3N3O5S2/c1-31(2)11-9-19(10-12-31)43(39,40)20-3-5-22-23-6-4-21(18-25(23)30(35-38)24(22)17-20)44(41,42)37-15-13-36(14-16-37)27-8-7-26(32)28(33)29(27)34/h3-8,17-19,38H,9-16H2,1-2H3/b35-30-. The molecule has 3 aromatic rings. The number of sulfone groups is 1. The Morgan fingerprint density at radius 3 is 1.93 bits per heavy atom. The summed E-state index contributed by atoms with van der Waals surface area (Å²) >= 11 is 0. The minimum Gasteiger partial charge on any atom is -0.410 e. The first kappa shape index (κ1) is 30.6. The number of nitrogens with zero attached hydrogens (tertiary/aromatic N) is 3. The molecule has 0 amide bonds. The second kappa shape index (κ2) is 10.9. The smallest absolute Gasteiger partial charge is 0.243 e. The molecule has 234 valence electrons. The highest BCUT2D eigenvalue weighted by molar-refractivity contribution is 7.92. The van der Waals surface area contributed by atoms with E-state index in [2.05, 4.69) is 19.0 Å². The van der Waals surface area contributed by atoms with Crippen LogP contribution in [0.25, 0.3) is 11.1 Å². The fraction of sp³-hybridized carbons (Fsp3) is 0.387. The third-order valence-electron chi connectivity index (χ3n) is 9.17. The number of fused-ring (bicyclic) bond motifs is 3. The molecular formula is C31H32F3N3O5S2. The minimum atomic E-state index is -4.04. The van der Waals surface area contributed by atoms with Crippen LogP contribution in [0, 0.1) is 22.9 Å². The van der Waals surface area contributed by atoms with Crippen molar-refractivity contribution in [3.63, 3.8) is 0 Å². The average molecular weight is 648 g/mol. The molecule has 13 heteroatoms. The summed E-state index contributed by atoms with van der Waals surface area (Å²) in [5.41, 5.74) is 2.02. The Morgan fingerprint density at radius 1 is 0.773 bits per heavy atom. The Bertz CT molecular complexity index is 1890. The molecule has 2 aliphatic carbocycles. The van der Waals surface area contributed by atoms with Gasteiger partial charge in [-0.15, -0.1) is 0 Å². The maximum Gasteiger partial charge on any atom is 0.243 e. The van der Waals surface area contributed by atoms with Crippen molar-refractivity contribution in [3.8, 4) is 11.1 Å². The van der Waals surface area contributed by atoms with E-state index in [-0.39, 0.29) is 52.8 Å². The number of hydrogen-bond acceptors (Lipinski definition) is 7. The normalized spacial score (nSPS) is 20.1. The zero-order chi connectivity index (χ0) is 31.6. The van der Waals surface area contributed by atoms with Gasteiger partial charge < -0.3 is 10.1 Å². The Kier molecular flexibility index (Phi) is 7.57. The summed E-state index contributed by atoms with van der Waals surface area (Å²) < 4.78 is 97.0. The maximum absolute atomic E-state index is 14.3. The van der Waals surface area contributed by atoms with Gasteiger partial charge in [0.2, 0.25) is 10.0 Å². The number of benzene rings is 3. The molecule has 1 N–H and O–H groups in total. The van der Waals surface area contributed by atoms with Crippen LogP contribution in [-0.2, 0) is 19.9 Å². The zero-order valence-electron chi connectivity index (χ0n) is 24.2. The lowest BCUT2D eigenvalue weighted by molar-refractivity contribution is 0.246. The third-order valence-corrected chi connectivity index (χ3v) is 13.3. The molecule has 1 heterocycles. The molecule has 2 fully saturated rings. The van der Waals surface area contributed by atoms with Crippen LogP contribution >= 0.6 is 0 Å². The molecule has 0 atom stereocenters. The first-order chi connectivity index (χ1) is 20.7. The van der Waals surface area contributed by atoms with Crippen molar-refractivity contribution >= 4 is 31.3 Å². The second-order valence-corrected chi connectivity index (χ2v) is 16.5. The van der Waals surface area contributed by atoms with Crippen molar-refractivity contribution in [2.45, 2.75) is 54.6 Å². The molecule has 3 aromatic carbocycles. The summed E-state index contributed by atoms with van der Waals surface area (Å²) in [4.78, 5) is 1.54. The summed E-state index contributed by atoms with van der Waals surface area (Å²) in [6.45, 7) is 4.32.